The number of carbonyl (C=O) groups excluding carboxylic acids is 1. The van der Waals surface area contributed by atoms with E-state index in [0.717, 1.165) is 30.0 Å². The number of para-hydroxylation sites is 1. The minimum absolute atomic E-state index is 0.0219. The van der Waals surface area contributed by atoms with Crippen LogP contribution in [0.15, 0.2) is 42.6 Å². The van der Waals surface area contributed by atoms with Gasteiger partial charge in [-0.05, 0) is 30.5 Å². The summed E-state index contributed by atoms with van der Waals surface area (Å²) in [6.07, 6.45) is 3.65. The number of benzene rings is 1. The smallest absolute Gasteiger partial charge is 0.224 e. The predicted molar refractivity (Wildman–Crippen MR) is 96.7 cm³/mol. The quantitative estimate of drug-likeness (QED) is 0.931. The zero-order chi connectivity index (χ0) is 17.4. The first-order valence-corrected chi connectivity index (χ1v) is 8.72. The molecule has 1 aliphatic carbocycles. The lowest BCUT2D eigenvalue weighted by molar-refractivity contribution is -0.123. The number of nitrogens with zero attached hydrogens (tertiary/aromatic N) is 2. The minimum Gasteiger partial charge on any atom is -0.493 e. The molecule has 1 aromatic heterocycles. The number of anilines is 1. The summed E-state index contributed by atoms with van der Waals surface area (Å²) in [6, 6.07) is 12.1. The number of pyridine rings is 1. The summed E-state index contributed by atoms with van der Waals surface area (Å²) < 4.78 is 5.74. The van der Waals surface area contributed by atoms with Gasteiger partial charge in [0.1, 0.15) is 11.6 Å². The van der Waals surface area contributed by atoms with Gasteiger partial charge in [0.15, 0.2) is 0 Å². The Morgan fingerprint density at radius 3 is 2.92 bits per heavy atom. The predicted octanol–water partition coefficient (Wildman–Crippen LogP) is 2.50. The maximum Gasteiger partial charge on any atom is 0.224 e. The first-order chi connectivity index (χ1) is 12.1. The fraction of sp³-hybridized carbons (Fsp3) is 0.400. The second-order valence-electron chi connectivity index (χ2n) is 7.14. The largest absolute Gasteiger partial charge is 0.493 e. The number of ether oxygens (including phenoxy) is 1. The van der Waals surface area contributed by atoms with E-state index in [1.165, 1.54) is 5.56 Å². The topological polar surface area (TPSA) is 54.5 Å². The van der Waals surface area contributed by atoms with Crippen molar-refractivity contribution < 1.29 is 9.53 Å². The van der Waals surface area contributed by atoms with E-state index < -0.39 is 0 Å². The molecule has 0 unspecified atom stereocenters. The number of hydrogen-bond acceptors (Lipinski definition) is 4. The molecule has 1 saturated carbocycles. The molecule has 2 aromatic rings. The lowest BCUT2D eigenvalue weighted by atomic mass is 9.87. The van der Waals surface area contributed by atoms with Crippen LogP contribution in [0.1, 0.15) is 24.0 Å². The fourth-order valence-corrected chi connectivity index (χ4v) is 3.80. The van der Waals surface area contributed by atoms with Gasteiger partial charge in [-0.1, -0.05) is 24.3 Å². The third-order valence-corrected chi connectivity index (χ3v) is 5.36. The van der Waals surface area contributed by atoms with Gasteiger partial charge < -0.3 is 15.0 Å². The normalized spacial score (nSPS) is 23.5. The Kier molecular flexibility index (Phi) is 3.86. The number of amides is 1. The van der Waals surface area contributed by atoms with E-state index in [2.05, 4.69) is 16.4 Å². The van der Waals surface area contributed by atoms with E-state index in [-0.39, 0.29) is 17.2 Å². The van der Waals surface area contributed by atoms with E-state index in [4.69, 9.17) is 4.74 Å². The van der Waals surface area contributed by atoms with Crippen LogP contribution in [0.25, 0.3) is 0 Å². The van der Waals surface area contributed by atoms with Crippen LogP contribution in [0.5, 0.6) is 5.75 Å². The minimum atomic E-state index is -0.0219. The van der Waals surface area contributed by atoms with E-state index in [0.29, 0.717) is 13.2 Å². The Hall–Kier alpha value is -2.56. The highest BCUT2D eigenvalue weighted by Gasteiger charge is 2.60. The fourth-order valence-electron chi connectivity index (χ4n) is 3.80. The number of nitrogens with one attached hydrogen (secondary N) is 1. The van der Waals surface area contributed by atoms with Gasteiger partial charge in [0.05, 0.1) is 6.61 Å². The molecule has 1 spiro atoms. The van der Waals surface area contributed by atoms with Crippen LogP contribution >= 0.6 is 0 Å². The number of fused-ring (bicyclic) bond motifs is 2. The molecule has 1 amide bonds. The van der Waals surface area contributed by atoms with Gasteiger partial charge >= 0.3 is 0 Å². The summed E-state index contributed by atoms with van der Waals surface area (Å²) in [5.41, 5.74) is 2.19. The van der Waals surface area contributed by atoms with Crippen molar-refractivity contribution in [3.8, 4) is 5.75 Å². The number of aromatic nitrogens is 1. The Balaban J connectivity index is 1.41. The highest BCUT2D eigenvalue weighted by atomic mass is 16.5. The van der Waals surface area contributed by atoms with Crippen molar-refractivity contribution in [2.45, 2.75) is 24.8 Å². The Labute approximate surface area is 148 Å². The summed E-state index contributed by atoms with van der Waals surface area (Å²) in [4.78, 5) is 19.0. The molecule has 1 aliphatic heterocycles. The molecule has 2 aliphatic rings. The second kappa shape index (κ2) is 6.06. The Bertz CT molecular complexity index is 788. The molecule has 0 saturated heterocycles. The summed E-state index contributed by atoms with van der Waals surface area (Å²) in [6.45, 7) is 1.21. The van der Waals surface area contributed by atoms with E-state index in [1.807, 2.05) is 55.5 Å². The highest BCUT2D eigenvalue weighted by molar-refractivity contribution is 5.84. The van der Waals surface area contributed by atoms with Gasteiger partial charge in [-0.25, -0.2) is 4.98 Å². The van der Waals surface area contributed by atoms with Crippen molar-refractivity contribution in [3.63, 3.8) is 0 Å². The Morgan fingerprint density at radius 2 is 2.16 bits per heavy atom. The average molecular weight is 337 g/mol. The molecule has 25 heavy (non-hydrogen) atoms. The lowest BCUT2D eigenvalue weighted by Gasteiger charge is -2.26. The number of carbonyl (C=O) groups is 1. The van der Waals surface area contributed by atoms with Crippen LogP contribution in [-0.2, 0) is 16.8 Å². The van der Waals surface area contributed by atoms with Crippen LogP contribution in [0.2, 0.25) is 0 Å². The molecule has 4 rings (SSSR count). The van der Waals surface area contributed by atoms with Crippen LogP contribution in [0.3, 0.4) is 0 Å². The van der Waals surface area contributed by atoms with Crippen LogP contribution < -0.4 is 15.0 Å². The molecule has 2 atom stereocenters. The molecule has 1 aromatic carbocycles. The monoisotopic (exact) mass is 337 g/mol. The molecule has 0 radical (unpaired) electrons. The first kappa shape index (κ1) is 15.9. The van der Waals surface area contributed by atoms with Gasteiger partial charge in [0.2, 0.25) is 5.91 Å². The molecule has 1 N–H and O–H groups in total. The molecule has 2 heterocycles. The maximum absolute atomic E-state index is 12.7. The van der Waals surface area contributed by atoms with Crippen molar-refractivity contribution in [2.75, 3.05) is 25.6 Å². The molecular weight excluding hydrogens is 314 g/mol. The van der Waals surface area contributed by atoms with Crippen molar-refractivity contribution in [2.24, 2.45) is 5.92 Å². The van der Waals surface area contributed by atoms with Crippen molar-refractivity contribution in [1.82, 2.24) is 10.3 Å². The van der Waals surface area contributed by atoms with Gasteiger partial charge in [-0.15, -0.1) is 0 Å². The summed E-state index contributed by atoms with van der Waals surface area (Å²) in [5, 5.41) is 3.08. The molecule has 130 valence electrons. The molecule has 5 nitrogen and oxygen atoms in total. The van der Waals surface area contributed by atoms with Crippen molar-refractivity contribution in [1.29, 1.82) is 0 Å². The van der Waals surface area contributed by atoms with Crippen LogP contribution in [-0.4, -0.2) is 31.6 Å². The SMILES string of the molecule is CN(C)c1ccc(CNC(=O)[C@@H]2C[C@]23CCOc2ccccc23)cn1. The standard InChI is InChI=1S/C20H23N3O2/c1-23(2)18-8-7-14(12-21-18)13-22-19(24)16-11-20(16)9-10-25-17-6-4-3-5-15(17)20/h3-8,12,16H,9-11,13H2,1-2H3,(H,22,24)/t16-,20-/m0/s1. The van der Waals surface area contributed by atoms with E-state index in [9.17, 15) is 4.79 Å². The summed E-state index contributed by atoms with van der Waals surface area (Å²) in [5.74, 6) is 2.03. The maximum atomic E-state index is 12.7. The van der Waals surface area contributed by atoms with Gasteiger partial charge in [-0.3, -0.25) is 4.79 Å². The van der Waals surface area contributed by atoms with Crippen molar-refractivity contribution >= 4 is 11.7 Å². The number of rotatable bonds is 4. The van der Waals surface area contributed by atoms with E-state index >= 15 is 0 Å². The van der Waals surface area contributed by atoms with E-state index in [1.54, 1.807) is 0 Å². The average Bonchev–Trinajstić information content (AvgIpc) is 3.35. The molecular formula is C20H23N3O2. The third kappa shape index (κ3) is 2.84. The summed E-state index contributed by atoms with van der Waals surface area (Å²) >= 11 is 0. The summed E-state index contributed by atoms with van der Waals surface area (Å²) in [7, 11) is 3.92. The second-order valence-corrected chi connectivity index (χ2v) is 7.14. The molecule has 1 fully saturated rings. The zero-order valence-corrected chi connectivity index (χ0v) is 14.7. The molecule has 5 heteroatoms. The highest BCUT2D eigenvalue weighted by Crippen LogP contribution is 2.60. The lowest BCUT2D eigenvalue weighted by Crippen LogP contribution is -2.30. The zero-order valence-electron chi connectivity index (χ0n) is 14.7. The van der Waals surface area contributed by atoms with Crippen molar-refractivity contribution in [3.05, 3.63) is 53.7 Å². The number of hydrogen-bond donors (Lipinski definition) is 1. The molecule has 0 bridgehead atoms. The van der Waals surface area contributed by atoms with Gasteiger partial charge in [0, 0.05) is 43.7 Å². The van der Waals surface area contributed by atoms with Crippen LogP contribution in [0.4, 0.5) is 5.82 Å². The van der Waals surface area contributed by atoms with Crippen LogP contribution in [0, 0.1) is 5.92 Å². The van der Waals surface area contributed by atoms with Gasteiger partial charge in [-0.2, -0.15) is 0 Å². The first-order valence-electron chi connectivity index (χ1n) is 8.72. The third-order valence-electron chi connectivity index (χ3n) is 5.36. The Morgan fingerprint density at radius 1 is 1.32 bits per heavy atom. The van der Waals surface area contributed by atoms with Gasteiger partial charge in [0.25, 0.3) is 0 Å².